The highest BCUT2D eigenvalue weighted by Crippen LogP contribution is 2.53. The lowest BCUT2D eigenvalue weighted by molar-refractivity contribution is -0.153. The van der Waals surface area contributed by atoms with Crippen LogP contribution >= 0.6 is 0 Å². The quantitative estimate of drug-likeness (QED) is 0.254. The first-order valence-electron chi connectivity index (χ1n) is 19.3. The van der Waals surface area contributed by atoms with Gasteiger partial charge in [-0.15, -0.1) is 0 Å². The van der Waals surface area contributed by atoms with Crippen LogP contribution in [0.1, 0.15) is 107 Å². The highest BCUT2D eigenvalue weighted by molar-refractivity contribution is 6.14. The van der Waals surface area contributed by atoms with Gasteiger partial charge in [-0.25, -0.2) is 14.6 Å². The van der Waals surface area contributed by atoms with Crippen LogP contribution in [0, 0.1) is 17.8 Å². The molecule has 0 radical (unpaired) electrons. The molecule has 0 bridgehead atoms. The fourth-order valence-electron chi connectivity index (χ4n) is 8.25. The van der Waals surface area contributed by atoms with E-state index in [9.17, 15) is 24.0 Å². The Morgan fingerprint density at radius 2 is 1.91 bits per heavy atom. The number of nitrogens with zero attached hydrogens (tertiary/aromatic N) is 2. The van der Waals surface area contributed by atoms with Crippen molar-refractivity contribution in [1.82, 2.24) is 20.5 Å². The number of rotatable bonds is 4. The summed E-state index contributed by atoms with van der Waals surface area (Å²) >= 11 is 0. The monoisotopic (exact) mass is 754 g/mol. The third kappa shape index (κ3) is 6.72. The molecule has 2 aliphatic carbocycles. The number of ketones is 1. The fourth-order valence-corrected chi connectivity index (χ4v) is 8.25. The van der Waals surface area contributed by atoms with Crippen molar-refractivity contribution in [3.05, 3.63) is 35.5 Å². The lowest BCUT2D eigenvalue weighted by Crippen LogP contribution is -2.65. The molecule has 3 amide bonds. The number of nitrogens with one attached hydrogen (secondary N) is 2. The van der Waals surface area contributed by atoms with Crippen LogP contribution in [-0.4, -0.2) is 88.3 Å². The number of aromatic nitrogens is 1. The van der Waals surface area contributed by atoms with E-state index in [4.69, 9.17) is 28.7 Å². The minimum absolute atomic E-state index is 0.00720. The minimum Gasteiger partial charge on any atom is -0.482 e. The summed E-state index contributed by atoms with van der Waals surface area (Å²) in [5.41, 5.74) is -2.22. The van der Waals surface area contributed by atoms with Crippen molar-refractivity contribution in [2.45, 2.75) is 120 Å². The van der Waals surface area contributed by atoms with Gasteiger partial charge in [0.2, 0.25) is 24.1 Å². The first-order chi connectivity index (χ1) is 26.3. The molecular weight excluding hydrogens is 708 g/mol. The highest BCUT2D eigenvalue weighted by Gasteiger charge is 2.58. The van der Waals surface area contributed by atoms with Crippen LogP contribution in [0.15, 0.2) is 24.3 Å². The van der Waals surface area contributed by atoms with Gasteiger partial charge in [0.05, 0.1) is 47.7 Å². The number of carbonyl (C=O) groups is 5. The molecule has 290 valence electrons. The Morgan fingerprint density at radius 1 is 1.09 bits per heavy atom. The first kappa shape index (κ1) is 36.6. The number of fused-ring (bicyclic) bond motifs is 7. The van der Waals surface area contributed by atoms with Gasteiger partial charge in [-0.2, -0.15) is 0 Å². The van der Waals surface area contributed by atoms with Crippen molar-refractivity contribution in [2.24, 2.45) is 5.92 Å². The Labute approximate surface area is 319 Å². The molecule has 4 aliphatic heterocycles. The standard InChI is InChI=1S/C41H46N4O10/c1-5-51-37(49)41-18-17-24(41)11-9-7-6-8-10-12-26(43-38(50)55-39(2,3)4)36(48)45-21-40(19-27(45)35(47)44-41)20-28(46)31-30-25(15-16-29-33(30)53-22-52-29)42-32(23-13-14-23)34(31)54-40/h9,11,15-16,23-24,26-27H,5-8,10,12-14,19-22H2,1-4H3,(H,43,50)(H,44,47). The van der Waals surface area contributed by atoms with E-state index in [2.05, 4.69) is 22.5 Å². The Bertz CT molecular complexity index is 2080. The van der Waals surface area contributed by atoms with Gasteiger partial charge in [-0.05, 0) is 71.9 Å². The van der Waals surface area contributed by atoms with Crippen molar-refractivity contribution in [3.8, 4) is 29.1 Å². The molecular formula is C41H46N4O10. The smallest absolute Gasteiger partial charge is 0.408 e. The summed E-state index contributed by atoms with van der Waals surface area (Å²) in [5.74, 6) is 4.45. The van der Waals surface area contributed by atoms with Gasteiger partial charge in [-0.3, -0.25) is 14.4 Å². The van der Waals surface area contributed by atoms with Gasteiger partial charge in [-0.1, -0.05) is 36.8 Å². The van der Waals surface area contributed by atoms with Crippen molar-refractivity contribution in [2.75, 3.05) is 19.9 Å². The zero-order chi connectivity index (χ0) is 38.7. The number of allylic oxidation sites excluding steroid dienone is 1. The zero-order valence-electron chi connectivity index (χ0n) is 31.6. The fraction of sp³-hybridized carbons (Fsp3) is 0.561. The average Bonchev–Trinajstić information content (AvgIpc) is 3.73. The van der Waals surface area contributed by atoms with E-state index in [0.29, 0.717) is 52.3 Å². The number of carbonyl (C=O) groups excluding carboxylic acids is 5. The van der Waals surface area contributed by atoms with E-state index >= 15 is 0 Å². The zero-order valence-corrected chi connectivity index (χ0v) is 31.6. The van der Waals surface area contributed by atoms with E-state index in [-0.39, 0.29) is 50.9 Å². The third-order valence-corrected chi connectivity index (χ3v) is 11.0. The summed E-state index contributed by atoms with van der Waals surface area (Å²) in [5, 5.41) is 6.16. The maximum atomic E-state index is 14.8. The van der Waals surface area contributed by atoms with E-state index in [0.717, 1.165) is 25.7 Å². The molecule has 5 heterocycles. The number of hydrogen-bond acceptors (Lipinski definition) is 11. The van der Waals surface area contributed by atoms with E-state index in [1.807, 2.05) is 18.2 Å². The molecule has 1 aromatic carbocycles. The Kier molecular flexibility index (Phi) is 9.17. The van der Waals surface area contributed by atoms with Crippen molar-refractivity contribution in [1.29, 1.82) is 0 Å². The molecule has 8 rings (SSSR count). The maximum Gasteiger partial charge on any atom is 0.408 e. The molecule has 2 N–H and O–H groups in total. The second kappa shape index (κ2) is 13.8. The predicted molar refractivity (Wildman–Crippen MR) is 196 cm³/mol. The van der Waals surface area contributed by atoms with Crippen molar-refractivity contribution in [3.63, 3.8) is 0 Å². The molecule has 6 aliphatic rings. The number of hydrogen-bond donors (Lipinski definition) is 2. The highest BCUT2D eigenvalue weighted by atomic mass is 16.7. The molecule has 14 nitrogen and oxygen atoms in total. The summed E-state index contributed by atoms with van der Waals surface area (Å²) in [6.45, 7) is 6.81. The predicted octanol–water partition coefficient (Wildman–Crippen LogP) is 4.61. The maximum absolute atomic E-state index is 14.8. The number of pyridine rings is 1. The van der Waals surface area contributed by atoms with E-state index < -0.39 is 58.6 Å². The molecule has 14 heteroatoms. The summed E-state index contributed by atoms with van der Waals surface area (Å²) in [4.78, 5) is 77.0. The van der Waals surface area contributed by atoms with Crippen molar-refractivity contribution >= 4 is 40.6 Å². The van der Waals surface area contributed by atoms with Crippen LogP contribution in [0.3, 0.4) is 0 Å². The number of amides is 3. The molecule has 55 heavy (non-hydrogen) atoms. The lowest BCUT2D eigenvalue weighted by atomic mass is 9.76. The molecule has 1 aromatic heterocycles. The second-order valence-electron chi connectivity index (χ2n) is 16.3. The van der Waals surface area contributed by atoms with Crippen LogP contribution in [0.5, 0.6) is 17.2 Å². The molecule has 1 spiro atoms. The Morgan fingerprint density at radius 3 is 2.64 bits per heavy atom. The van der Waals surface area contributed by atoms with Gasteiger partial charge >= 0.3 is 12.1 Å². The van der Waals surface area contributed by atoms with Crippen LogP contribution in [0.4, 0.5) is 4.79 Å². The second-order valence-corrected chi connectivity index (χ2v) is 16.3. The Balaban J connectivity index is 1.20. The van der Waals surface area contributed by atoms with Gasteiger partial charge in [0.15, 0.2) is 23.0 Å². The first-order valence-corrected chi connectivity index (χ1v) is 19.3. The molecule has 1 saturated carbocycles. The SMILES string of the molecule is CCOC(=O)C12C#CC1C=CCCCCCC(NC(=O)OC(C)(C)C)C(=O)N1CC3(CC(=O)c4c(c(C5CC5)nc5ccc6c(c45)OCO6)O3)CC1C(=O)N2. The number of esters is 1. The molecule has 5 unspecified atom stereocenters. The number of Topliss-reactive ketones (excluding diaryl/α,β-unsaturated/α-hetero) is 1. The molecule has 2 fully saturated rings. The van der Waals surface area contributed by atoms with Crippen LogP contribution in [0.2, 0.25) is 0 Å². The van der Waals surface area contributed by atoms with Gasteiger partial charge in [0, 0.05) is 12.3 Å². The Hall–Kier alpha value is -5.32. The van der Waals surface area contributed by atoms with E-state index in [1.165, 1.54) is 4.90 Å². The lowest BCUT2D eigenvalue weighted by Gasteiger charge is -2.37. The number of alkyl carbamates (subject to hydrolysis) is 1. The van der Waals surface area contributed by atoms with Gasteiger partial charge < -0.3 is 39.2 Å². The number of benzene rings is 1. The number of ether oxygens (including phenoxy) is 5. The normalized spacial score (nSPS) is 28.6. The average molecular weight is 755 g/mol. The summed E-state index contributed by atoms with van der Waals surface area (Å²) in [7, 11) is 0. The van der Waals surface area contributed by atoms with Crippen LogP contribution < -0.4 is 24.8 Å². The molecule has 5 atom stereocenters. The molecule has 2 aromatic rings. The van der Waals surface area contributed by atoms with Crippen LogP contribution in [-0.2, 0) is 23.9 Å². The largest absolute Gasteiger partial charge is 0.482 e. The topological polar surface area (TPSA) is 172 Å². The summed E-state index contributed by atoms with van der Waals surface area (Å²) in [6.07, 6.45) is 7.66. The summed E-state index contributed by atoms with van der Waals surface area (Å²) < 4.78 is 29.4. The minimum atomic E-state index is -1.66. The van der Waals surface area contributed by atoms with Gasteiger partial charge in [0.1, 0.15) is 23.3 Å². The van der Waals surface area contributed by atoms with Gasteiger partial charge in [0.25, 0.3) is 0 Å². The molecule has 1 saturated heterocycles. The van der Waals surface area contributed by atoms with E-state index in [1.54, 1.807) is 33.8 Å². The van der Waals surface area contributed by atoms with Crippen LogP contribution in [0.25, 0.3) is 10.9 Å². The van der Waals surface area contributed by atoms with Crippen molar-refractivity contribution < 1.29 is 47.7 Å². The third-order valence-electron chi connectivity index (χ3n) is 11.0. The summed E-state index contributed by atoms with van der Waals surface area (Å²) in [6, 6.07) is 1.34.